The molecule has 5 heteroatoms. The Kier molecular flexibility index (Phi) is 3.21. The molecular formula is C9H7N3O2. The lowest BCUT2D eigenvalue weighted by Gasteiger charge is -1.97. The molecule has 5 nitrogen and oxygen atoms in total. The maximum Gasteiger partial charge on any atom is 0.367 e. The molecule has 0 amide bonds. The third kappa shape index (κ3) is 2.60. The van der Waals surface area contributed by atoms with Crippen molar-refractivity contribution in [2.45, 2.75) is 0 Å². The highest BCUT2D eigenvalue weighted by molar-refractivity contribution is 6.42. The van der Waals surface area contributed by atoms with Crippen LogP contribution in [0.15, 0.2) is 35.4 Å². The number of nitrogens with zero attached hydrogens (tertiary/aromatic N) is 2. The maximum absolute atomic E-state index is 10.4. The Bertz CT molecular complexity index is 392. The number of nitrogens with one attached hydrogen (secondary N) is 1. The van der Waals surface area contributed by atoms with E-state index in [1.54, 1.807) is 24.3 Å². The SMILES string of the molecule is N#C/C(=N\Nc1ccccc1)C(=O)O. The second-order valence-electron chi connectivity index (χ2n) is 2.36. The molecule has 0 unspecified atom stereocenters. The number of carbonyl (C=O) groups is 1. The molecule has 0 aliphatic carbocycles. The first-order valence-electron chi connectivity index (χ1n) is 3.76. The molecule has 0 spiro atoms. The third-order valence-corrected chi connectivity index (χ3v) is 1.38. The average Bonchev–Trinajstić information content (AvgIpc) is 2.20. The average molecular weight is 189 g/mol. The van der Waals surface area contributed by atoms with Gasteiger partial charge >= 0.3 is 5.97 Å². The zero-order valence-electron chi connectivity index (χ0n) is 7.14. The van der Waals surface area contributed by atoms with Crippen LogP contribution < -0.4 is 5.43 Å². The standard InChI is InChI=1S/C9H7N3O2/c10-6-8(9(13)14)12-11-7-4-2-1-3-5-7/h1-5,11H,(H,13,14)/b12-8+. The predicted molar refractivity (Wildman–Crippen MR) is 50.7 cm³/mol. The summed E-state index contributed by atoms with van der Waals surface area (Å²) in [5, 5.41) is 20.2. The Morgan fingerprint density at radius 2 is 2.07 bits per heavy atom. The fraction of sp³-hybridized carbons (Fsp3) is 0. The second-order valence-corrected chi connectivity index (χ2v) is 2.36. The number of anilines is 1. The van der Waals surface area contributed by atoms with Gasteiger partial charge in [0.15, 0.2) is 0 Å². The van der Waals surface area contributed by atoms with Gasteiger partial charge in [-0.15, -0.1) is 0 Å². The number of hydrogen-bond acceptors (Lipinski definition) is 4. The van der Waals surface area contributed by atoms with E-state index in [4.69, 9.17) is 10.4 Å². The fourth-order valence-electron chi connectivity index (χ4n) is 0.754. The van der Waals surface area contributed by atoms with Crippen LogP contribution in [-0.4, -0.2) is 16.8 Å². The zero-order valence-corrected chi connectivity index (χ0v) is 7.14. The minimum atomic E-state index is -1.35. The smallest absolute Gasteiger partial charge is 0.367 e. The molecule has 0 aliphatic heterocycles. The van der Waals surface area contributed by atoms with Gasteiger partial charge in [-0.3, -0.25) is 5.43 Å². The number of benzene rings is 1. The summed E-state index contributed by atoms with van der Waals surface area (Å²) in [5.41, 5.74) is 2.51. The molecule has 0 aromatic heterocycles. The van der Waals surface area contributed by atoms with Crippen molar-refractivity contribution in [2.24, 2.45) is 5.10 Å². The molecule has 0 atom stereocenters. The summed E-state index contributed by atoms with van der Waals surface area (Å²) in [6, 6.07) is 10.2. The van der Waals surface area contributed by atoms with Gasteiger partial charge < -0.3 is 5.11 Å². The Balaban J connectivity index is 2.73. The number of rotatable bonds is 3. The molecule has 0 saturated heterocycles. The van der Waals surface area contributed by atoms with Gasteiger partial charge in [0.2, 0.25) is 5.71 Å². The van der Waals surface area contributed by atoms with Crippen LogP contribution in [0.2, 0.25) is 0 Å². The Morgan fingerprint density at radius 1 is 1.43 bits per heavy atom. The topological polar surface area (TPSA) is 85.5 Å². The van der Waals surface area contributed by atoms with E-state index in [9.17, 15) is 4.79 Å². The van der Waals surface area contributed by atoms with E-state index in [1.807, 2.05) is 6.07 Å². The molecule has 0 saturated carbocycles. The van der Waals surface area contributed by atoms with Gasteiger partial charge in [-0.1, -0.05) is 18.2 Å². The van der Waals surface area contributed by atoms with Crippen molar-refractivity contribution in [3.8, 4) is 6.07 Å². The number of hydrazone groups is 1. The van der Waals surface area contributed by atoms with E-state index in [-0.39, 0.29) is 0 Å². The van der Waals surface area contributed by atoms with Crippen LogP contribution in [0.3, 0.4) is 0 Å². The molecule has 0 heterocycles. The Morgan fingerprint density at radius 3 is 2.57 bits per heavy atom. The predicted octanol–water partition coefficient (Wildman–Crippen LogP) is 1.06. The number of para-hydroxylation sites is 1. The lowest BCUT2D eigenvalue weighted by atomic mass is 10.3. The highest BCUT2D eigenvalue weighted by Crippen LogP contribution is 2.04. The van der Waals surface area contributed by atoms with E-state index < -0.39 is 11.7 Å². The monoisotopic (exact) mass is 189 g/mol. The molecule has 0 aliphatic rings. The summed E-state index contributed by atoms with van der Waals surface area (Å²) in [7, 11) is 0. The third-order valence-electron chi connectivity index (χ3n) is 1.38. The molecule has 70 valence electrons. The van der Waals surface area contributed by atoms with Crippen molar-refractivity contribution >= 4 is 17.4 Å². The fourth-order valence-corrected chi connectivity index (χ4v) is 0.754. The number of nitriles is 1. The van der Waals surface area contributed by atoms with Gasteiger partial charge in [-0.25, -0.2) is 4.79 Å². The molecule has 1 rings (SSSR count). The molecule has 14 heavy (non-hydrogen) atoms. The maximum atomic E-state index is 10.4. The molecule has 2 N–H and O–H groups in total. The normalized spacial score (nSPS) is 10.4. The Labute approximate surface area is 80.3 Å². The van der Waals surface area contributed by atoms with E-state index in [0.717, 1.165) is 0 Å². The zero-order chi connectivity index (χ0) is 10.4. The second kappa shape index (κ2) is 4.62. The van der Waals surface area contributed by atoms with E-state index in [0.29, 0.717) is 5.69 Å². The lowest BCUT2D eigenvalue weighted by Crippen LogP contribution is -2.12. The van der Waals surface area contributed by atoms with Crippen LogP contribution in [0.4, 0.5) is 5.69 Å². The molecular weight excluding hydrogens is 182 g/mol. The molecule has 0 bridgehead atoms. The van der Waals surface area contributed by atoms with Crippen LogP contribution in [0, 0.1) is 11.3 Å². The van der Waals surface area contributed by atoms with E-state index >= 15 is 0 Å². The Hall–Kier alpha value is -2.35. The number of hydrogen-bond donors (Lipinski definition) is 2. The lowest BCUT2D eigenvalue weighted by molar-refractivity contribution is -0.129. The number of carboxylic acids is 1. The first kappa shape index (κ1) is 9.74. The summed E-state index contributed by atoms with van der Waals surface area (Å²) in [5.74, 6) is -1.35. The molecule has 1 aromatic carbocycles. The van der Waals surface area contributed by atoms with Crippen molar-refractivity contribution < 1.29 is 9.90 Å². The van der Waals surface area contributed by atoms with Gasteiger partial charge in [0.25, 0.3) is 0 Å². The first-order valence-corrected chi connectivity index (χ1v) is 3.76. The molecule has 0 fully saturated rings. The van der Waals surface area contributed by atoms with Crippen LogP contribution in [0.25, 0.3) is 0 Å². The molecule has 0 radical (unpaired) electrons. The van der Waals surface area contributed by atoms with Crippen LogP contribution in [-0.2, 0) is 4.79 Å². The van der Waals surface area contributed by atoms with Gasteiger partial charge in [0.05, 0.1) is 5.69 Å². The summed E-state index contributed by atoms with van der Waals surface area (Å²) >= 11 is 0. The summed E-state index contributed by atoms with van der Waals surface area (Å²) < 4.78 is 0. The van der Waals surface area contributed by atoms with Crippen LogP contribution in [0.5, 0.6) is 0 Å². The van der Waals surface area contributed by atoms with Crippen LogP contribution >= 0.6 is 0 Å². The first-order chi connectivity index (χ1) is 6.74. The highest BCUT2D eigenvalue weighted by atomic mass is 16.4. The van der Waals surface area contributed by atoms with Gasteiger partial charge in [-0.05, 0) is 12.1 Å². The summed E-state index contributed by atoms with van der Waals surface area (Å²) in [6.07, 6.45) is 0. The van der Waals surface area contributed by atoms with Crippen LogP contribution in [0.1, 0.15) is 0 Å². The number of carboxylic acid groups (broad SMARTS) is 1. The minimum Gasteiger partial charge on any atom is -0.476 e. The minimum absolute atomic E-state index is 0.575. The van der Waals surface area contributed by atoms with Gasteiger partial charge in [0, 0.05) is 0 Å². The van der Waals surface area contributed by atoms with Crippen molar-refractivity contribution in [3.05, 3.63) is 30.3 Å². The highest BCUT2D eigenvalue weighted by Gasteiger charge is 2.06. The van der Waals surface area contributed by atoms with Gasteiger partial charge in [0.1, 0.15) is 6.07 Å². The van der Waals surface area contributed by atoms with Crippen molar-refractivity contribution in [3.63, 3.8) is 0 Å². The van der Waals surface area contributed by atoms with Crippen molar-refractivity contribution in [2.75, 3.05) is 5.43 Å². The summed E-state index contributed by atoms with van der Waals surface area (Å²) in [4.78, 5) is 10.4. The van der Waals surface area contributed by atoms with E-state index in [2.05, 4.69) is 10.5 Å². The summed E-state index contributed by atoms with van der Waals surface area (Å²) in [6.45, 7) is 0. The van der Waals surface area contributed by atoms with E-state index in [1.165, 1.54) is 6.07 Å². The van der Waals surface area contributed by atoms with Crippen molar-refractivity contribution in [1.29, 1.82) is 5.26 Å². The quantitative estimate of drug-likeness (QED) is 0.550. The van der Waals surface area contributed by atoms with Crippen molar-refractivity contribution in [1.82, 2.24) is 0 Å². The largest absolute Gasteiger partial charge is 0.476 e. The van der Waals surface area contributed by atoms with Gasteiger partial charge in [-0.2, -0.15) is 10.4 Å². The molecule has 1 aromatic rings. The number of aliphatic carboxylic acids is 1.